The average molecular weight is 852 g/mol. The molecule has 0 fully saturated rings. The molecule has 7 heteroatoms. The number of halogens is 2. The minimum atomic E-state index is -0.708. The Morgan fingerprint density at radius 3 is 1.29 bits per heavy atom. The molecule has 0 aliphatic rings. The van der Waals surface area contributed by atoms with E-state index < -0.39 is 11.6 Å². The third-order valence-electron chi connectivity index (χ3n) is 12.6. The second-order valence-corrected chi connectivity index (χ2v) is 16.3. The van der Waals surface area contributed by atoms with Gasteiger partial charge < -0.3 is 9.13 Å². The molecular formula is C59H35F2N5. The Hall–Kier alpha value is -8.99. The van der Waals surface area contributed by atoms with Gasteiger partial charge in [-0.1, -0.05) is 140 Å². The second kappa shape index (κ2) is 15.7. The van der Waals surface area contributed by atoms with Crippen LogP contribution in [0.1, 0.15) is 5.56 Å². The Morgan fingerprint density at radius 2 is 0.818 bits per heavy atom. The van der Waals surface area contributed by atoms with Gasteiger partial charge in [-0.05, 0) is 77.4 Å². The number of hydrogen-bond donors (Lipinski definition) is 0. The summed E-state index contributed by atoms with van der Waals surface area (Å²) >= 11 is 0. The predicted octanol–water partition coefficient (Wildman–Crippen LogP) is 15.2. The van der Waals surface area contributed by atoms with Gasteiger partial charge in [0.1, 0.15) is 23.3 Å². The van der Waals surface area contributed by atoms with E-state index in [1.807, 2.05) is 109 Å². The van der Waals surface area contributed by atoms with Crippen LogP contribution in [-0.4, -0.2) is 19.1 Å². The van der Waals surface area contributed by atoms with E-state index in [-0.39, 0.29) is 11.1 Å². The van der Waals surface area contributed by atoms with Crippen LogP contribution in [0.2, 0.25) is 0 Å². The van der Waals surface area contributed by atoms with Crippen molar-refractivity contribution in [1.29, 1.82) is 5.26 Å². The lowest BCUT2D eigenvalue weighted by Gasteiger charge is -2.19. The summed E-state index contributed by atoms with van der Waals surface area (Å²) in [6, 6.07) is 67.0. The maximum Gasteiger partial charge on any atom is 0.133 e. The number of benzene rings is 8. The fourth-order valence-electron chi connectivity index (χ4n) is 9.72. The second-order valence-electron chi connectivity index (χ2n) is 16.3. The summed E-state index contributed by atoms with van der Waals surface area (Å²) < 4.78 is 36.5. The third kappa shape index (κ3) is 6.19. The van der Waals surface area contributed by atoms with Gasteiger partial charge in [-0.2, -0.15) is 5.26 Å². The monoisotopic (exact) mass is 851 g/mol. The van der Waals surface area contributed by atoms with E-state index in [0.29, 0.717) is 16.9 Å². The molecule has 0 radical (unpaired) electrons. The van der Waals surface area contributed by atoms with Crippen LogP contribution in [0.3, 0.4) is 0 Å². The van der Waals surface area contributed by atoms with Crippen LogP contribution in [0.25, 0.3) is 111 Å². The zero-order valence-electron chi connectivity index (χ0n) is 35.2. The van der Waals surface area contributed by atoms with E-state index in [1.54, 1.807) is 24.5 Å². The van der Waals surface area contributed by atoms with Crippen molar-refractivity contribution in [2.75, 3.05) is 0 Å². The molecule has 12 rings (SSSR count). The van der Waals surface area contributed by atoms with Crippen LogP contribution in [0.4, 0.5) is 8.78 Å². The van der Waals surface area contributed by atoms with Gasteiger partial charge in [0.2, 0.25) is 0 Å². The van der Waals surface area contributed by atoms with E-state index in [4.69, 9.17) is 9.97 Å². The van der Waals surface area contributed by atoms with Crippen molar-refractivity contribution in [3.8, 4) is 73.3 Å². The molecule has 12 aromatic rings. The topological polar surface area (TPSA) is 59.4 Å². The third-order valence-corrected chi connectivity index (χ3v) is 12.6. The molecule has 0 bridgehead atoms. The smallest absolute Gasteiger partial charge is 0.133 e. The van der Waals surface area contributed by atoms with Crippen LogP contribution in [0.15, 0.2) is 213 Å². The van der Waals surface area contributed by atoms with Gasteiger partial charge in [-0.25, -0.2) is 8.78 Å². The number of pyridine rings is 2. The van der Waals surface area contributed by atoms with Gasteiger partial charge in [0.25, 0.3) is 0 Å². The number of nitrogens with zero attached hydrogens (tertiary/aromatic N) is 5. The molecule has 0 spiro atoms. The van der Waals surface area contributed by atoms with E-state index in [9.17, 15) is 5.26 Å². The highest BCUT2D eigenvalue weighted by Crippen LogP contribution is 2.43. The SMILES string of the molecule is N#Cc1c(-n2c3ccccc3c3ccc(-c4cccnc4-c4ccccc4)cc32)cc(-c2c(F)cccc2F)cc1-n1c2ccccc2c2ccc(-c3cccnc3-c3ccccc3)cc21. The fraction of sp³-hybridized carbons (Fsp3) is 0. The van der Waals surface area contributed by atoms with Crippen molar-refractivity contribution in [3.63, 3.8) is 0 Å². The highest BCUT2D eigenvalue weighted by Gasteiger charge is 2.25. The first kappa shape index (κ1) is 38.7. The van der Waals surface area contributed by atoms with Crippen LogP contribution in [-0.2, 0) is 0 Å². The Kier molecular flexibility index (Phi) is 9.18. The number of aromatic nitrogens is 4. The lowest BCUT2D eigenvalue weighted by atomic mass is 9.97. The van der Waals surface area contributed by atoms with Crippen LogP contribution in [0, 0.1) is 23.0 Å². The summed E-state index contributed by atoms with van der Waals surface area (Å²) in [7, 11) is 0. The number of nitriles is 1. The summed E-state index contributed by atoms with van der Waals surface area (Å²) in [6.07, 6.45) is 3.60. The molecule has 0 amide bonds. The van der Waals surface area contributed by atoms with Gasteiger partial charge in [0.15, 0.2) is 0 Å². The Bertz CT molecular complexity index is 3680. The average Bonchev–Trinajstić information content (AvgIpc) is 3.88. The van der Waals surface area contributed by atoms with Crippen molar-refractivity contribution in [2.45, 2.75) is 0 Å². The summed E-state index contributed by atoms with van der Waals surface area (Å²) in [6.45, 7) is 0. The number of hydrogen-bond acceptors (Lipinski definition) is 3. The van der Waals surface area contributed by atoms with Crippen LogP contribution < -0.4 is 0 Å². The molecule has 0 atom stereocenters. The molecule has 5 nitrogen and oxygen atoms in total. The summed E-state index contributed by atoms with van der Waals surface area (Å²) in [5, 5.41) is 15.5. The molecule has 4 aromatic heterocycles. The molecule has 66 heavy (non-hydrogen) atoms. The molecule has 0 aliphatic heterocycles. The summed E-state index contributed by atoms with van der Waals surface area (Å²) in [5.74, 6) is -1.42. The maximum absolute atomic E-state index is 16.2. The molecule has 310 valence electrons. The molecule has 0 N–H and O–H groups in total. The Balaban J connectivity index is 1.18. The van der Waals surface area contributed by atoms with Crippen molar-refractivity contribution >= 4 is 43.6 Å². The quantitative estimate of drug-likeness (QED) is 0.160. The van der Waals surface area contributed by atoms with Crippen molar-refractivity contribution < 1.29 is 8.78 Å². The van der Waals surface area contributed by atoms with E-state index in [2.05, 4.69) is 75.9 Å². The van der Waals surface area contributed by atoms with Gasteiger partial charge in [-0.3, -0.25) is 9.97 Å². The van der Waals surface area contributed by atoms with Crippen LogP contribution in [0.5, 0.6) is 0 Å². The number of fused-ring (bicyclic) bond motifs is 6. The highest BCUT2D eigenvalue weighted by atomic mass is 19.1. The Morgan fingerprint density at radius 1 is 0.379 bits per heavy atom. The number of rotatable bonds is 7. The lowest BCUT2D eigenvalue weighted by molar-refractivity contribution is 0.589. The normalized spacial score (nSPS) is 11.5. The van der Waals surface area contributed by atoms with E-state index in [1.165, 1.54) is 18.2 Å². The predicted molar refractivity (Wildman–Crippen MR) is 263 cm³/mol. The minimum Gasteiger partial charge on any atom is -0.308 e. The van der Waals surface area contributed by atoms with E-state index >= 15 is 8.78 Å². The summed E-state index contributed by atoms with van der Waals surface area (Å²) in [4.78, 5) is 9.65. The van der Waals surface area contributed by atoms with E-state index in [0.717, 1.165) is 88.4 Å². The molecule has 8 aromatic carbocycles. The first-order valence-electron chi connectivity index (χ1n) is 21.7. The molecule has 4 heterocycles. The van der Waals surface area contributed by atoms with Gasteiger partial charge in [0, 0.05) is 56.2 Å². The number of para-hydroxylation sites is 2. The highest BCUT2D eigenvalue weighted by molar-refractivity contribution is 6.12. The summed E-state index contributed by atoms with van der Waals surface area (Å²) in [5.41, 5.74) is 12.1. The lowest BCUT2D eigenvalue weighted by Crippen LogP contribution is -2.06. The molecule has 0 saturated heterocycles. The van der Waals surface area contributed by atoms with Crippen molar-refractivity contribution in [3.05, 3.63) is 230 Å². The molecule has 0 unspecified atom stereocenters. The van der Waals surface area contributed by atoms with Gasteiger partial charge in [-0.15, -0.1) is 0 Å². The zero-order valence-corrected chi connectivity index (χ0v) is 35.2. The maximum atomic E-state index is 16.2. The van der Waals surface area contributed by atoms with Gasteiger partial charge in [0.05, 0.1) is 50.4 Å². The van der Waals surface area contributed by atoms with Crippen molar-refractivity contribution in [2.24, 2.45) is 0 Å². The first-order valence-corrected chi connectivity index (χ1v) is 21.7. The van der Waals surface area contributed by atoms with Crippen LogP contribution >= 0.6 is 0 Å². The molecule has 0 aliphatic carbocycles. The van der Waals surface area contributed by atoms with Crippen molar-refractivity contribution in [1.82, 2.24) is 19.1 Å². The Labute approximate surface area is 378 Å². The zero-order chi connectivity index (χ0) is 44.3. The minimum absolute atomic E-state index is 0.182. The largest absolute Gasteiger partial charge is 0.308 e. The molecular weight excluding hydrogens is 817 g/mol. The standard InChI is InChI=1S/C59H35F2N5/c60-49-22-11-23-50(61)57(49)41-34-55(65-51-24-9-7-18-44(51)46-28-26-39(32-53(46)65)42-20-12-30-63-58(42)37-14-3-1-4-15-37)48(36-62)56(35-41)66-52-25-10-8-19-45(52)47-29-27-40(33-54(47)66)43-21-13-31-64-59(43)38-16-5-2-6-17-38/h1-35H. The fourth-order valence-corrected chi connectivity index (χ4v) is 9.72. The van der Waals surface area contributed by atoms with Gasteiger partial charge >= 0.3 is 0 Å². The first-order chi connectivity index (χ1) is 32.6. The molecule has 0 saturated carbocycles.